The minimum atomic E-state index is -3.98. The van der Waals surface area contributed by atoms with Crippen molar-refractivity contribution >= 4 is 21.4 Å². The molecular formula is C13H20N4O4S. The Morgan fingerprint density at radius 3 is 2.59 bits per heavy atom. The van der Waals surface area contributed by atoms with Gasteiger partial charge in [0.25, 0.3) is 5.69 Å². The molecule has 9 heteroatoms. The Hall–Kier alpha value is -1.71. The van der Waals surface area contributed by atoms with Crippen LogP contribution in [-0.4, -0.2) is 25.9 Å². The molecule has 0 spiro atoms. The van der Waals surface area contributed by atoms with E-state index in [-0.39, 0.29) is 22.5 Å². The molecule has 0 bridgehead atoms. The number of hydrogen-bond donors (Lipinski definition) is 3. The first-order chi connectivity index (χ1) is 10.3. The largest absolute Gasteiger partial charge is 0.376 e. The highest BCUT2D eigenvalue weighted by Gasteiger charge is 2.27. The molecule has 2 unspecified atom stereocenters. The number of nitro groups is 1. The van der Waals surface area contributed by atoms with E-state index in [0.29, 0.717) is 12.2 Å². The van der Waals surface area contributed by atoms with E-state index in [0.717, 1.165) is 31.7 Å². The van der Waals surface area contributed by atoms with Crippen molar-refractivity contribution < 1.29 is 13.3 Å². The summed E-state index contributed by atoms with van der Waals surface area (Å²) >= 11 is 0. The van der Waals surface area contributed by atoms with Gasteiger partial charge in [0, 0.05) is 12.1 Å². The molecule has 1 saturated carbocycles. The Balaban J connectivity index is 2.32. The van der Waals surface area contributed by atoms with Gasteiger partial charge in [0.1, 0.15) is 5.69 Å². The number of rotatable bonds is 5. The second kappa shape index (κ2) is 6.59. The number of primary sulfonamides is 1. The molecule has 0 saturated heterocycles. The number of nitrogens with two attached hydrogens (primary N) is 2. The van der Waals surface area contributed by atoms with Crippen molar-refractivity contribution in [1.82, 2.24) is 0 Å². The molecule has 0 heterocycles. The highest BCUT2D eigenvalue weighted by atomic mass is 32.2. The molecule has 8 nitrogen and oxygen atoms in total. The van der Waals surface area contributed by atoms with Crippen LogP contribution >= 0.6 is 0 Å². The monoisotopic (exact) mass is 328 g/mol. The maximum Gasteiger partial charge on any atom is 0.293 e. The van der Waals surface area contributed by atoms with Gasteiger partial charge < -0.3 is 11.1 Å². The summed E-state index contributed by atoms with van der Waals surface area (Å²) in [4.78, 5) is 10.3. The molecule has 0 aromatic heterocycles. The van der Waals surface area contributed by atoms with Gasteiger partial charge in [-0.15, -0.1) is 0 Å². The fourth-order valence-electron chi connectivity index (χ4n) is 2.84. The lowest BCUT2D eigenvalue weighted by Gasteiger charge is -2.32. The van der Waals surface area contributed by atoms with Gasteiger partial charge in [-0.2, -0.15) is 0 Å². The lowest BCUT2D eigenvalue weighted by Crippen LogP contribution is -2.36. The maximum atomic E-state index is 11.3. The molecule has 122 valence electrons. The van der Waals surface area contributed by atoms with Crippen molar-refractivity contribution in [3.63, 3.8) is 0 Å². The van der Waals surface area contributed by atoms with Crippen molar-refractivity contribution in [3.8, 4) is 0 Å². The summed E-state index contributed by atoms with van der Waals surface area (Å²) in [5, 5.41) is 19.4. The van der Waals surface area contributed by atoms with Gasteiger partial charge in [-0.3, -0.25) is 10.1 Å². The van der Waals surface area contributed by atoms with Crippen molar-refractivity contribution in [3.05, 3.63) is 28.3 Å². The van der Waals surface area contributed by atoms with E-state index in [4.69, 9.17) is 10.9 Å². The Morgan fingerprint density at radius 2 is 2.00 bits per heavy atom. The second-order valence-electron chi connectivity index (χ2n) is 5.51. The lowest BCUT2D eigenvalue weighted by atomic mass is 9.84. The molecule has 2 rings (SSSR count). The third-order valence-electron chi connectivity index (χ3n) is 4.05. The van der Waals surface area contributed by atoms with Gasteiger partial charge in [0.15, 0.2) is 0 Å². The highest BCUT2D eigenvalue weighted by Crippen LogP contribution is 2.32. The summed E-state index contributed by atoms with van der Waals surface area (Å²) in [6, 6.07) is 3.70. The Kier molecular flexibility index (Phi) is 4.99. The molecule has 1 aromatic carbocycles. The first-order valence-electron chi connectivity index (χ1n) is 7.10. The van der Waals surface area contributed by atoms with E-state index in [1.807, 2.05) is 0 Å². The van der Waals surface area contributed by atoms with Crippen LogP contribution in [0.5, 0.6) is 0 Å². The zero-order valence-electron chi connectivity index (χ0n) is 12.1. The minimum absolute atomic E-state index is 0.0535. The summed E-state index contributed by atoms with van der Waals surface area (Å²) in [5.74, 6) is 0.256. The number of benzene rings is 1. The molecule has 1 aromatic rings. The quantitative estimate of drug-likeness (QED) is 0.547. The first-order valence-corrected chi connectivity index (χ1v) is 8.65. The fourth-order valence-corrected chi connectivity index (χ4v) is 3.37. The molecule has 5 N–H and O–H groups in total. The summed E-state index contributed by atoms with van der Waals surface area (Å²) in [6.45, 7) is 0.515. The highest BCUT2D eigenvalue weighted by molar-refractivity contribution is 7.89. The summed E-state index contributed by atoms with van der Waals surface area (Å²) < 4.78 is 22.7. The number of nitro benzene ring substituents is 1. The number of sulfonamides is 1. The molecule has 22 heavy (non-hydrogen) atoms. The van der Waals surface area contributed by atoms with Gasteiger partial charge in [-0.25, -0.2) is 13.6 Å². The summed E-state index contributed by atoms with van der Waals surface area (Å²) in [7, 11) is -3.98. The van der Waals surface area contributed by atoms with Crippen LogP contribution in [0.15, 0.2) is 23.1 Å². The van der Waals surface area contributed by atoms with E-state index in [1.54, 1.807) is 0 Å². The van der Waals surface area contributed by atoms with Crippen LogP contribution in [0.3, 0.4) is 0 Å². The van der Waals surface area contributed by atoms with Gasteiger partial charge in [-0.1, -0.05) is 12.8 Å². The molecule has 1 fully saturated rings. The van der Waals surface area contributed by atoms with Crippen LogP contribution in [0, 0.1) is 16.0 Å². The molecule has 2 atom stereocenters. The van der Waals surface area contributed by atoms with Crippen molar-refractivity contribution in [2.24, 2.45) is 16.8 Å². The smallest absolute Gasteiger partial charge is 0.293 e. The molecule has 0 amide bonds. The van der Waals surface area contributed by atoms with Crippen LogP contribution in [0.2, 0.25) is 0 Å². The predicted octanol–water partition coefficient (Wildman–Crippen LogP) is 1.17. The fraction of sp³-hybridized carbons (Fsp3) is 0.538. The zero-order chi connectivity index (χ0) is 16.3. The van der Waals surface area contributed by atoms with Crippen LogP contribution < -0.4 is 16.2 Å². The Bertz CT molecular complexity index is 662. The second-order valence-corrected chi connectivity index (χ2v) is 7.07. The number of nitrogens with one attached hydrogen (secondary N) is 1. The topological polar surface area (TPSA) is 141 Å². The van der Waals surface area contributed by atoms with Crippen molar-refractivity contribution in [2.45, 2.75) is 36.6 Å². The summed E-state index contributed by atoms with van der Waals surface area (Å²) in [6.07, 6.45) is 4.01. The SMILES string of the molecule is NCC1CCCCC1Nc1ccc(S(N)(=O)=O)cc1[N+](=O)[O-]. The van der Waals surface area contributed by atoms with Crippen LogP contribution in [0.1, 0.15) is 25.7 Å². The van der Waals surface area contributed by atoms with Gasteiger partial charge in [0.05, 0.1) is 9.82 Å². The van der Waals surface area contributed by atoms with E-state index in [1.165, 1.54) is 12.1 Å². The van der Waals surface area contributed by atoms with Crippen LogP contribution in [0.25, 0.3) is 0 Å². The first kappa shape index (κ1) is 16.7. The number of hydrogen-bond acceptors (Lipinski definition) is 6. The summed E-state index contributed by atoms with van der Waals surface area (Å²) in [5.41, 5.74) is 5.75. The minimum Gasteiger partial charge on any atom is -0.376 e. The van der Waals surface area contributed by atoms with E-state index >= 15 is 0 Å². The third-order valence-corrected chi connectivity index (χ3v) is 4.96. The van der Waals surface area contributed by atoms with Crippen LogP contribution in [-0.2, 0) is 10.0 Å². The normalized spacial score (nSPS) is 22.3. The van der Waals surface area contributed by atoms with Crippen molar-refractivity contribution in [2.75, 3.05) is 11.9 Å². The molecule has 1 aliphatic carbocycles. The number of anilines is 1. The average molecular weight is 328 g/mol. The van der Waals surface area contributed by atoms with E-state index in [2.05, 4.69) is 5.32 Å². The van der Waals surface area contributed by atoms with Gasteiger partial charge >= 0.3 is 0 Å². The standard InChI is InChI=1S/C13H20N4O4S/c14-8-9-3-1-2-4-11(9)16-12-6-5-10(22(15,20)21)7-13(12)17(18)19/h5-7,9,11,16H,1-4,8,14H2,(H2,15,20,21). The van der Waals surface area contributed by atoms with Crippen LogP contribution in [0.4, 0.5) is 11.4 Å². The van der Waals surface area contributed by atoms with Crippen molar-refractivity contribution in [1.29, 1.82) is 0 Å². The molecule has 0 radical (unpaired) electrons. The predicted molar refractivity (Wildman–Crippen MR) is 82.9 cm³/mol. The Morgan fingerprint density at radius 1 is 1.32 bits per heavy atom. The van der Waals surface area contributed by atoms with Gasteiger partial charge in [0.2, 0.25) is 10.0 Å². The Labute approximate surface area is 129 Å². The third kappa shape index (κ3) is 3.73. The van der Waals surface area contributed by atoms with Gasteiger partial charge in [-0.05, 0) is 37.4 Å². The lowest BCUT2D eigenvalue weighted by molar-refractivity contribution is -0.384. The van der Waals surface area contributed by atoms with E-state index in [9.17, 15) is 18.5 Å². The molecular weight excluding hydrogens is 308 g/mol. The number of nitrogens with zero attached hydrogens (tertiary/aromatic N) is 1. The average Bonchev–Trinajstić information content (AvgIpc) is 2.46. The molecule has 1 aliphatic rings. The molecule has 0 aliphatic heterocycles. The maximum absolute atomic E-state index is 11.3. The van der Waals surface area contributed by atoms with E-state index < -0.39 is 14.9 Å². The zero-order valence-corrected chi connectivity index (χ0v) is 12.9.